The highest BCUT2D eigenvalue weighted by molar-refractivity contribution is 14.1. The lowest BCUT2D eigenvalue weighted by Gasteiger charge is -1.79. The van der Waals surface area contributed by atoms with E-state index in [-0.39, 0.29) is 0 Å². The molecule has 2 heteroatoms. The highest BCUT2D eigenvalue weighted by atomic mass is 127. The van der Waals surface area contributed by atoms with E-state index >= 15 is 0 Å². The first-order chi connectivity index (χ1) is 3.39. The lowest BCUT2D eigenvalue weighted by molar-refractivity contribution is 1.78. The Hall–Kier alpha value is 0.380. The first kappa shape index (κ1) is 5.52. The summed E-state index contributed by atoms with van der Waals surface area (Å²) in [5.41, 5.74) is 0. The molecule has 0 amide bonds. The van der Waals surface area contributed by atoms with Crippen molar-refractivity contribution in [1.82, 2.24) is 0 Å². The smallest absolute Gasteiger partial charge is 0.0137 e. The molecule has 0 nitrogen and oxygen atoms in total. The Kier molecular flexibility index (Phi) is 2.07. The van der Waals surface area contributed by atoms with Crippen molar-refractivity contribution < 1.29 is 0 Å². The molecule has 1 rings (SSSR count). The van der Waals surface area contributed by atoms with Crippen LogP contribution in [0.5, 0.6) is 0 Å². The van der Waals surface area contributed by atoms with Gasteiger partial charge in [0.05, 0.1) is 0 Å². The molecule has 0 aliphatic rings. The minimum absolute atomic E-state index is 1.31. The van der Waals surface area contributed by atoms with Crippen molar-refractivity contribution in [2.75, 3.05) is 0 Å². The van der Waals surface area contributed by atoms with Crippen LogP contribution in [-0.2, 0) is 0 Å². The number of rotatable bonds is 0. The van der Waals surface area contributed by atoms with Gasteiger partial charge in [0.1, 0.15) is 0 Å². The average molecular weight is 222 g/mol. The van der Waals surface area contributed by atoms with Gasteiger partial charge in [-0.05, 0) is 46.3 Å². The Balaban J connectivity index is 3.02. The molecular formula is C5H4IP. The first-order valence-corrected chi connectivity index (χ1v) is 4.06. The second-order valence-corrected chi connectivity index (χ2v) is 3.31. The zero-order valence-corrected chi connectivity index (χ0v) is 6.69. The molecule has 0 aromatic carbocycles. The van der Waals surface area contributed by atoms with Gasteiger partial charge in [-0.25, -0.2) is 0 Å². The van der Waals surface area contributed by atoms with Gasteiger partial charge in [0, 0.05) is 3.57 Å². The SMILES string of the molecule is Ic1ccpcc1. The molecule has 0 spiro atoms. The van der Waals surface area contributed by atoms with E-state index in [1.165, 1.54) is 11.8 Å². The fraction of sp³-hybridized carbons (Fsp3) is 0. The minimum atomic E-state index is 1.31. The van der Waals surface area contributed by atoms with Crippen molar-refractivity contribution in [3.63, 3.8) is 0 Å². The topological polar surface area (TPSA) is 0 Å². The third-order valence-corrected chi connectivity index (χ3v) is 2.00. The van der Waals surface area contributed by atoms with E-state index in [4.69, 9.17) is 0 Å². The molecule has 0 aliphatic heterocycles. The van der Waals surface area contributed by atoms with Gasteiger partial charge in [-0.2, -0.15) is 0 Å². The maximum absolute atomic E-state index is 2.30. The molecular weight excluding hydrogens is 218 g/mol. The van der Waals surface area contributed by atoms with Gasteiger partial charge in [-0.1, -0.05) is 8.19 Å². The minimum Gasteiger partial charge on any atom is -0.0764 e. The van der Waals surface area contributed by atoms with Crippen molar-refractivity contribution >= 4 is 30.8 Å². The molecule has 1 aromatic rings. The largest absolute Gasteiger partial charge is 0.0764 e. The van der Waals surface area contributed by atoms with Gasteiger partial charge < -0.3 is 0 Å². The van der Waals surface area contributed by atoms with Crippen LogP contribution in [-0.4, -0.2) is 0 Å². The van der Waals surface area contributed by atoms with Crippen LogP contribution < -0.4 is 0 Å². The van der Waals surface area contributed by atoms with Crippen LogP contribution in [0.25, 0.3) is 0 Å². The van der Waals surface area contributed by atoms with E-state index in [2.05, 4.69) is 46.3 Å². The third kappa shape index (κ3) is 1.74. The Morgan fingerprint density at radius 3 is 2.14 bits per heavy atom. The molecule has 1 heterocycles. The van der Waals surface area contributed by atoms with E-state index in [1.54, 1.807) is 0 Å². The summed E-state index contributed by atoms with van der Waals surface area (Å²) in [4.78, 5) is 0. The standard InChI is InChI=1S/C5H4IP/c6-5-1-3-7-4-2-5/h1-4H. The van der Waals surface area contributed by atoms with Gasteiger partial charge in [0.2, 0.25) is 0 Å². The van der Waals surface area contributed by atoms with Crippen molar-refractivity contribution in [2.24, 2.45) is 0 Å². The number of halogens is 1. The first-order valence-electron chi connectivity index (χ1n) is 1.95. The molecule has 36 valence electrons. The predicted molar refractivity (Wildman–Crippen MR) is 41.7 cm³/mol. The van der Waals surface area contributed by atoms with Gasteiger partial charge >= 0.3 is 0 Å². The lowest BCUT2D eigenvalue weighted by atomic mass is 10.6. The maximum Gasteiger partial charge on any atom is 0.0137 e. The molecule has 1 aromatic heterocycles. The fourth-order valence-electron chi connectivity index (χ4n) is 0.334. The van der Waals surface area contributed by atoms with Crippen molar-refractivity contribution in [3.8, 4) is 0 Å². The van der Waals surface area contributed by atoms with E-state index in [0.29, 0.717) is 0 Å². The predicted octanol–water partition coefficient (Wildman–Crippen LogP) is 2.87. The zero-order valence-electron chi connectivity index (χ0n) is 3.63. The second-order valence-electron chi connectivity index (χ2n) is 1.17. The molecule has 0 N–H and O–H groups in total. The summed E-state index contributed by atoms with van der Waals surface area (Å²) in [5.74, 6) is 4.25. The molecule has 7 heavy (non-hydrogen) atoms. The Morgan fingerprint density at radius 1 is 1.29 bits per heavy atom. The van der Waals surface area contributed by atoms with Crippen LogP contribution in [0.15, 0.2) is 23.7 Å². The van der Waals surface area contributed by atoms with Crippen LogP contribution in [0.4, 0.5) is 0 Å². The molecule has 0 saturated heterocycles. The Bertz CT molecular complexity index is 138. The third-order valence-electron chi connectivity index (χ3n) is 0.640. The summed E-state index contributed by atoms with van der Waals surface area (Å²) < 4.78 is 1.32. The maximum atomic E-state index is 2.30. The monoisotopic (exact) mass is 222 g/mol. The lowest BCUT2D eigenvalue weighted by Crippen LogP contribution is -1.56. The summed E-state index contributed by atoms with van der Waals surface area (Å²) in [6.45, 7) is 0. The van der Waals surface area contributed by atoms with Crippen molar-refractivity contribution in [1.29, 1.82) is 0 Å². The van der Waals surface area contributed by atoms with Gasteiger partial charge in [-0.3, -0.25) is 0 Å². The van der Waals surface area contributed by atoms with E-state index in [0.717, 1.165) is 0 Å². The van der Waals surface area contributed by atoms with E-state index in [9.17, 15) is 0 Å². The Labute approximate surface area is 58.2 Å². The van der Waals surface area contributed by atoms with Crippen LogP contribution >= 0.6 is 30.8 Å². The van der Waals surface area contributed by atoms with Gasteiger partial charge in [-0.15, -0.1) is 0 Å². The quantitative estimate of drug-likeness (QED) is 0.592. The van der Waals surface area contributed by atoms with E-state index in [1.807, 2.05) is 0 Å². The molecule has 0 saturated carbocycles. The van der Waals surface area contributed by atoms with Crippen molar-refractivity contribution in [2.45, 2.75) is 0 Å². The van der Waals surface area contributed by atoms with Gasteiger partial charge in [0.15, 0.2) is 0 Å². The highest BCUT2D eigenvalue weighted by Crippen LogP contribution is 2.07. The Morgan fingerprint density at radius 2 is 1.86 bits per heavy atom. The summed E-state index contributed by atoms with van der Waals surface area (Å²) in [5, 5.41) is 0. The summed E-state index contributed by atoms with van der Waals surface area (Å²) >= 11 is 2.30. The summed E-state index contributed by atoms with van der Waals surface area (Å²) in [6, 6.07) is 4.23. The normalized spacial score (nSPS) is 8.71. The number of hydrogen-bond acceptors (Lipinski definition) is 0. The van der Waals surface area contributed by atoms with E-state index < -0.39 is 0 Å². The second kappa shape index (κ2) is 2.63. The molecule has 0 unspecified atom stereocenters. The molecule has 0 fully saturated rings. The molecule has 0 bridgehead atoms. The average Bonchev–Trinajstić information content (AvgIpc) is 1.69. The molecule has 0 atom stereocenters. The summed E-state index contributed by atoms with van der Waals surface area (Å²) in [7, 11) is 1.31. The number of hydrogen-bond donors (Lipinski definition) is 0. The van der Waals surface area contributed by atoms with Crippen LogP contribution in [0.1, 0.15) is 0 Å². The van der Waals surface area contributed by atoms with Crippen molar-refractivity contribution in [3.05, 3.63) is 27.3 Å². The molecule has 0 radical (unpaired) electrons. The molecule has 0 aliphatic carbocycles. The van der Waals surface area contributed by atoms with Crippen LogP contribution in [0.3, 0.4) is 0 Å². The zero-order chi connectivity index (χ0) is 5.11. The van der Waals surface area contributed by atoms with Gasteiger partial charge in [0.25, 0.3) is 0 Å². The highest BCUT2D eigenvalue weighted by Gasteiger charge is 1.74. The van der Waals surface area contributed by atoms with Crippen LogP contribution in [0.2, 0.25) is 0 Å². The van der Waals surface area contributed by atoms with Crippen LogP contribution in [0, 0.1) is 3.57 Å². The fourth-order valence-corrected chi connectivity index (χ4v) is 1.85. The summed E-state index contributed by atoms with van der Waals surface area (Å²) in [6.07, 6.45) is 0.